The highest BCUT2D eigenvalue weighted by atomic mass is 16.4. The molecule has 1 aromatic heterocycles. The van der Waals surface area contributed by atoms with Gasteiger partial charge in [0.1, 0.15) is 0 Å². The summed E-state index contributed by atoms with van der Waals surface area (Å²) in [6.07, 6.45) is 2.18. The van der Waals surface area contributed by atoms with E-state index >= 15 is 0 Å². The first-order valence-electron chi connectivity index (χ1n) is 6.64. The largest absolute Gasteiger partial charge is 0.481 e. The lowest BCUT2D eigenvalue weighted by Gasteiger charge is -2.09. The number of hydrogen-bond acceptors (Lipinski definition) is 3. The van der Waals surface area contributed by atoms with E-state index in [0.29, 0.717) is 28.9 Å². The van der Waals surface area contributed by atoms with Gasteiger partial charge in [0.05, 0.1) is 17.7 Å². The SMILES string of the molecule is CCc1nn(C)cc1C(=O)Nc1ccccc1CC(=O)O. The summed E-state index contributed by atoms with van der Waals surface area (Å²) in [5.41, 5.74) is 2.30. The number of aryl methyl sites for hydroxylation is 2. The van der Waals surface area contributed by atoms with E-state index in [1.165, 1.54) is 0 Å². The van der Waals surface area contributed by atoms with Crippen LogP contribution in [0, 0.1) is 0 Å². The van der Waals surface area contributed by atoms with Gasteiger partial charge in [-0.05, 0) is 18.1 Å². The average molecular weight is 287 g/mol. The zero-order valence-corrected chi connectivity index (χ0v) is 12.0. The number of nitrogens with zero attached hydrogens (tertiary/aromatic N) is 2. The van der Waals surface area contributed by atoms with E-state index in [1.54, 1.807) is 42.2 Å². The molecule has 0 bridgehead atoms. The van der Waals surface area contributed by atoms with Crippen molar-refractivity contribution in [3.05, 3.63) is 47.3 Å². The summed E-state index contributed by atoms with van der Waals surface area (Å²) in [6.45, 7) is 1.93. The molecule has 0 saturated carbocycles. The Hall–Kier alpha value is -2.63. The van der Waals surface area contributed by atoms with Crippen molar-refractivity contribution in [2.75, 3.05) is 5.32 Å². The molecular formula is C15H17N3O3. The standard InChI is InChI=1S/C15H17N3O3/c1-3-12-11(9-18(2)17-12)15(21)16-13-7-5-4-6-10(13)8-14(19)20/h4-7,9H,3,8H2,1-2H3,(H,16,21)(H,19,20). The van der Waals surface area contributed by atoms with Gasteiger partial charge in [-0.25, -0.2) is 0 Å². The van der Waals surface area contributed by atoms with Crippen LogP contribution in [0.4, 0.5) is 5.69 Å². The number of carbonyl (C=O) groups is 2. The highest BCUT2D eigenvalue weighted by Crippen LogP contribution is 2.18. The first-order valence-corrected chi connectivity index (χ1v) is 6.64. The Kier molecular flexibility index (Phi) is 4.37. The van der Waals surface area contributed by atoms with Crippen LogP contribution in [-0.2, 0) is 24.7 Å². The number of para-hydroxylation sites is 1. The van der Waals surface area contributed by atoms with E-state index in [4.69, 9.17) is 5.11 Å². The van der Waals surface area contributed by atoms with Gasteiger partial charge in [-0.1, -0.05) is 25.1 Å². The van der Waals surface area contributed by atoms with Gasteiger partial charge in [-0.15, -0.1) is 0 Å². The molecule has 6 heteroatoms. The number of anilines is 1. The van der Waals surface area contributed by atoms with Gasteiger partial charge in [0.25, 0.3) is 5.91 Å². The predicted octanol–water partition coefficient (Wildman–Crippen LogP) is 1.86. The molecule has 0 radical (unpaired) electrons. The molecule has 21 heavy (non-hydrogen) atoms. The molecule has 0 unspecified atom stereocenters. The van der Waals surface area contributed by atoms with Crippen molar-refractivity contribution in [3.8, 4) is 0 Å². The van der Waals surface area contributed by atoms with Crippen LogP contribution < -0.4 is 5.32 Å². The summed E-state index contributed by atoms with van der Waals surface area (Å²) in [5.74, 6) is -1.22. The number of hydrogen-bond donors (Lipinski definition) is 2. The second-order valence-electron chi connectivity index (χ2n) is 4.70. The molecule has 110 valence electrons. The molecule has 0 aliphatic heterocycles. The average Bonchev–Trinajstić information content (AvgIpc) is 2.81. The molecule has 1 aromatic carbocycles. The van der Waals surface area contributed by atoms with Crippen LogP contribution in [0.3, 0.4) is 0 Å². The van der Waals surface area contributed by atoms with Gasteiger partial charge in [0.2, 0.25) is 0 Å². The first-order chi connectivity index (χ1) is 10.0. The van der Waals surface area contributed by atoms with Crippen molar-refractivity contribution in [1.29, 1.82) is 0 Å². The van der Waals surface area contributed by atoms with Crippen LogP contribution in [0.1, 0.15) is 28.5 Å². The predicted molar refractivity (Wildman–Crippen MR) is 78.3 cm³/mol. The third-order valence-corrected chi connectivity index (χ3v) is 3.09. The van der Waals surface area contributed by atoms with Crippen LogP contribution in [0.2, 0.25) is 0 Å². The molecule has 0 aliphatic rings. The quantitative estimate of drug-likeness (QED) is 0.879. The third-order valence-electron chi connectivity index (χ3n) is 3.09. The Morgan fingerprint density at radius 1 is 1.33 bits per heavy atom. The lowest BCUT2D eigenvalue weighted by molar-refractivity contribution is -0.136. The van der Waals surface area contributed by atoms with E-state index in [0.717, 1.165) is 0 Å². The number of nitrogens with one attached hydrogen (secondary N) is 1. The summed E-state index contributed by atoms with van der Waals surface area (Å²) in [5, 5.41) is 15.9. The van der Waals surface area contributed by atoms with Crippen molar-refractivity contribution >= 4 is 17.6 Å². The zero-order chi connectivity index (χ0) is 15.4. The lowest BCUT2D eigenvalue weighted by Crippen LogP contribution is -2.15. The number of aromatic nitrogens is 2. The summed E-state index contributed by atoms with van der Waals surface area (Å²) < 4.78 is 1.59. The van der Waals surface area contributed by atoms with Crippen molar-refractivity contribution < 1.29 is 14.7 Å². The van der Waals surface area contributed by atoms with Gasteiger partial charge in [-0.2, -0.15) is 5.10 Å². The normalized spacial score (nSPS) is 10.4. The third kappa shape index (κ3) is 3.47. The van der Waals surface area contributed by atoms with Crippen LogP contribution in [0.15, 0.2) is 30.5 Å². The van der Waals surface area contributed by atoms with E-state index in [9.17, 15) is 9.59 Å². The Morgan fingerprint density at radius 3 is 2.71 bits per heavy atom. The molecule has 1 amide bonds. The molecule has 2 rings (SSSR count). The monoisotopic (exact) mass is 287 g/mol. The molecule has 0 spiro atoms. The Bertz CT molecular complexity index is 677. The second-order valence-corrected chi connectivity index (χ2v) is 4.70. The number of rotatable bonds is 5. The summed E-state index contributed by atoms with van der Waals surface area (Å²) in [4.78, 5) is 23.2. The fourth-order valence-corrected chi connectivity index (χ4v) is 2.13. The van der Waals surface area contributed by atoms with Gasteiger partial charge in [0, 0.05) is 18.9 Å². The van der Waals surface area contributed by atoms with Gasteiger partial charge in [0.15, 0.2) is 0 Å². The van der Waals surface area contributed by atoms with Crippen LogP contribution >= 0.6 is 0 Å². The van der Waals surface area contributed by atoms with Crippen molar-refractivity contribution in [3.63, 3.8) is 0 Å². The molecule has 1 heterocycles. The Morgan fingerprint density at radius 2 is 2.05 bits per heavy atom. The topological polar surface area (TPSA) is 84.2 Å². The maximum absolute atomic E-state index is 12.3. The zero-order valence-electron chi connectivity index (χ0n) is 12.0. The Balaban J connectivity index is 2.25. The van der Waals surface area contributed by atoms with E-state index in [2.05, 4.69) is 10.4 Å². The van der Waals surface area contributed by atoms with Crippen LogP contribution in [-0.4, -0.2) is 26.8 Å². The fourth-order valence-electron chi connectivity index (χ4n) is 2.13. The molecule has 0 saturated heterocycles. The highest BCUT2D eigenvalue weighted by molar-refractivity contribution is 6.05. The number of carboxylic acids is 1. The van der Waals surface area contributed by atoms with Crippen LogP contribution in [0.5, 0.6) is 0 Å². The van der Waals surface area contributed by atoms with Gasteiger partial charge >= 0.3 is 5.97 Å². The first kappa shape index (κ1) is 14.8. The van der Waals surface area contributed by atoms with Crippen molar-refractivity contribution in [2.45, 2.75) is 19.8 Å². The minimum atomic E-state index is -0.938. The summed E-state index contributed by atoms with van der Waals surface area (Å²) in [7, 11) is 1.76. The second kappa shape index (κ2) is 6.21. The fraction of sp³-hybridized carbons (Fsp3) is 0.267. The van der Waals surface area contributed by atoms with Gasteiger partial charge < -0.3 is 10.4 Å². The molecule has 2 aromatic rings. The molecule has 0 fully saturated rings. The van der Waals surface area contributed by atoms with E-state index in [1.807, 2.05) is 6.92 Å². The minimum absolute atomic E-state index is 0.135. The number of benzene rings is 1. The molecule has 0 atom stereocenters. The van der Waals surface area contributed by atoms with E-state index < -0.39 is 5.97 Å². The van der Waals surface area contributed by atoms with Crippen molar-refractivity contribution in [1.82, 2.24) is 9.78 Å². The summed E-state index contributed by atoms with van der Waals surface area (Å²) >= 11 is 0. The van der Waals surface area contributed by atoms with E-state index in [-0.39, 0.29) is 12.3 Å². The molecule has 2 N–H and O–H groups in total. The lowest BCUT2D eigenvalue weighted by atomic mass is 10.1. The number of carbonyl (C=O) groups excluding carboxylic acids is 1. The number of carboxylic acid groups (broad SMARTS) is 1. The Labute approximate surface area is 122 Å². The number of amides is 1. The number of aliphatic carboxylic acids is 1. The molecule has 0 aliphatic carbocycles. The molecular weight excluding hydrogens is 270 g/mol. The smallest absolute Gasteiger partial charge is 0.307 e. The maximum Gasteiger partial charge on any atom is 0.307 e. The van der Waals surface area contributed by atoms with Crippen molar-refractivity contribution in [2.24, 2.45) is 7.05 Å². The minimum Gasteiger partial charge on any atom is -0.481 e. The van der Waals surface area contributed by atoms with Crippen LogP contribution in [0.25, 0.3) is 0 Å². The maximum atomic E-state index is 12.3. The van der Waals surface area contributed by atoms with Gasteiger partial charge in [-0.3, -0.25) is 14.3 Å². The highest BCUT2D eigenvalue weighted by Gasteiger charge is 2.16. The molecule has 6 nitrogen and oxygen atoms in total. The summed E-state index contributed by atoms with van der Waals surface area (Å²) in [6, 6.07) is 6.88.